The van der Waals surface area contributed by atoms with E-state index in [0.717, 1.165) is 33.0 Å². The first-order chi connectivity index (χ1) is 29.2. The van der Waals surface area contributed by atoms with Gasteiger partial charge >= 0.3 is 0 Å². The number of hydrogen-bond acceptors (Lipinski definition) is 2. The molecule has 1 atom stereocenters. The van der Waals surface area contributed by atoms with Gasteiger partial charge in [0.2, 0.25) is 0 Å². The fraction of sp³-hybridized carbons (Fsp3) is 0.0182. The first-order valence-electron chi connectivity index (χ1n) is 20.4. The molecule has 0 saturated carbocycles. The summed E-state index contributed by atoms with van der Waals surface area (Å²) in [7, 11) is -6.44. The summed E-state index contributed by atoms with van der Waals surface area (Å²) in [6.45, 7) is 0. The molecule has 12 rings (SSSR count). The monoisotopic (exact) mass is 787 g/mol. The van der Waals surface area contributed by atoms with E-state index in [2.05, 4.69) is 217 Å². The third-order valence-electron chi connectivity index (χ3n) is 13.2. The molecule has 278 valence electrons. The summed E-state index contributed by atoms with van der Waals surface area (Å²) in [5.41, 5.74) is 10.5. The molecule has 1 spiro atoms. The molecule has 2 heterocycles. The molecule has 0 aromatic heterocycles. The fourth-order valence-electron chi connectivity index (χ4n) is 11.0. The highest BCUT2D eigenvalue weighted by Gasteiger charge is 2.55. The molecular formula is C55H38NOPSi. The Morgan fingerprint density at radius 2 is 0.831 bits per heavy atom. The van der Waals surface area contributed by atoms with Gasteiger partial charge in [-0.2, -0.15) is 0 Å². The van der Waals surface area contributed by atoms with Crippen LogP contribution in [0.25, 0.3) is 11.1 Å². The van der Waals surface area contributed by atoms with Gasteiger partial charge in [-0.3, -0.25) is 0 Å². The van der Waals surface area contributed by atoms with Gasteiger partial charge in [0.05, 0.1) is 16.8 Å². The highest BCUT2D eigenvalue weighted by atomic mass is 31.2. The normalized spacial score (nSPS) is 17.2. The summed E-state index contributed by atoms with van der Waals surface area (Å²) >= 11 is 0. The van der Waals surface area contributed by atoms with Gasteiger partial charge in [0.1, 0.15) is 0 Å². The minimum absolute atomic E-state index is 0.500. The predicted octanol–water partition coefficient (Wildman–Crippen LogP) is 9.16. The first-order valence-corrected chi connectivity index (χ1v) is 24.1. The maximum absolute atomic E-state index is 16.5. The first kappa shape index (κ1) is 34.3. The van der Waals surface area contributed by atoms with E-state index in [0.29, 0.717) is 0 Å². The summed E-state index contributed by atoms with van der Waals surface area (Å²) < 4.78 is 16.5. The Morgan fingerprint density at radius 1 is 0.390 bits per heavy atom. The lowest BCUT2D eigenvalue weighted by Gasteiger charge is -2.46. The SMILES string of the molecule is O=P1(c2ccccc2)c2ccccc2[Si](c2ccccc2)(c2ccccc2)c2cc(N3c4ccccc4C4(c5ccccc5-c5ccccc54)c4ccccc43)ccc21. The molecule has 0 fully saturated rings. The predicted molar refractivity (Wildman–Crippen MR) is 249 cm³/mol. The Bertz CT molecular complexity index is 3030. The third-order valence-corrected chi connectivity index (χ3v) is 21.7. The molecule has 3 aliphatic rings. The second-order valence-corrected chi connectivity index (χ2v) is 22.3. The summed E-state index contributed by atoms with van der Waals surface area (Å²) in [6, 6.07) is 83.7. The number of nitrogens with zero attached hydrogens (tertiary/aromatic N) is 1. The van der Waals surface area contributed by atoms with Crippen molar-refractivity contribution in [3.63, 3.8) is 0 Å². The van der Waals surface area contributed by atoms with Gasteiger partial charge in [-0.15, -0.1) is 0 Å². The molecule has 0 amide bonds. The van der Waals surface area contributed by atoms with E-state index >= 15 is 4.57 Å². The lowest BCUT2D eigenvalue weighted by Crippen LogP contribution is -2.82. The number of benzene rings is 9. The summed E-state index contributed by atoms with van der Waals surface area (Å²) in [6.07, 6.45) is 0. The largest absolute Gasteiger partial charge is 0.310 e. The highest BCUT2D eigenvalue weighted by molar-refractivity contribution is 7.87. The van der Waals surface area contributed by atoms with Gasteiger partial charge in [-0.05, 0) is 84.5 Å². The van der Waals surface area contributed by atoms with E-state index in [1.165, 1.54) is 54.1 Å². The lowest BCUT2D eigenvalue weighted by molar-refractivity contribution is 0.592. The molecule has 0 bridgehead atoms. The lowest BCUT2D eigenvalue weighted by atomic mass is 9.64. The molecule has 2 nitrogen and oxygen atoms in total. The third kappa shape index (κ3) is 4.44. The highest BCUT2D eigenvalue weighted by Crippen LogP contribution is 2.63. The minimum Gasteiger partial charge on any atom is -0.310 e. The molecule has 2 aliphatic heterocycles. The second kappa shape index (κ2) is 12.9. The standard InChI is InChI=1S/C55H38NOPSi/c57-58(40-20-4-1-5-21-40)51-34-18-19-35-53(51)59(41-22-6-2-7-23-41,42-24-8-3-9-25-42)54-38-39(36-37-52(54)58)56-49-32-16-14-30-47(49)55(48-31-15-17-33-50(48)56)45-28-12-10-26-43(45)44-27-11-13-29-46(44)55/h1-38H. The van der Waals surface area contributed by atoms with Crippen molar-refractivity contribution in [1.29, 1.82) is 0 Å². The Kier molecular flexibility index (Phi) is 7.48. The van der Waals surface area contributed by atoms with E-state index in [-0.39, 0.29) is 0 Å². The van der Waals surface area contributed by atoms with Crippen LogP contribution in [0.3, 0.4) is 0 Å². The van der Waals surface area contributed by atoms with Crippen molar-refractivity contribution < 1.29 is 4.57 Å². The quantitative estimate of drug-likeness (QED) is 0.131. The number of hydrogen-bond donors (Lipinski definition) is 0. The Hall–Kier alpha value is -6.77. The van der Waals surface area contributed by atoms with Crippen LogP contribution in [0, 0.1) is 0 Å². The zero-order chi connectivity index (χ0) is 39.2. The number of anilines is 3. The van der Waals surface area contributed by atoms with Gasteiger partial charge in [0.25, 0.3) is 0 Å². The maximum atomic E-state index is 16.5. The maximum Gasteiger partial charge on any atom is 0.181 e. The topological polar surface area (TPSA) is 20.3 Å². The Labute approximate surface area is 346 Å². The number of fused-ring (bicyclic) bond motifs is 11. The second-order valence-electron chi connectivity index (χ2n) is 15.9. The van der Waals surface area contributed by atoms with Crippen molar-refractivity contribution >= 4 is 68.9 Å². The minimum atomic E-state index is -3.34. The summed E-state index contributed by atoms with van der Waals surface area (Å²) in [5, 5.41) is 7.64. The Balaban J connectivity index is 1.20. The van der Waals surface area contributed by atoms with Crippen molar-refractivity contribution in [1.82, 2.24) is 0 Å². The van der Waals surface area contributed by atoms with Crippen LogP contribution in [-0.4, -0.2) is 8.07 Å². The molecule has 9 aromatic carbocycles. The average molecular weight is 788 g/mol. The number of rotatable bonds is 4. The number of para-hydroxylation sites is 2. The van der Waals surface area contributed by atoms with Crippen molar-refractivity contribution in [3.8, 4) is 11.1 Å². The van der Waals surface area contributed by atoms with E-state index in [1.54, 1.807) is 0 Å². The van der Waals surface area contributed by atoms with Crippen molar-refractivity contribution in [3.05, 3.63) is 253 Å². The molecule has 0 N–H and O–H groups in total. The van der Waals surface area contributed by atoms with Crippen LogP contribution in [0.1, 0.15) is 22.3 Å². The average Bonchev–Trinajstić information content (AvgIpc) is 3.61. The summed E-state index contributed by atoms with van der Waals surface area (Å²) in [4.78, 5) is 2.48. The van der Waals surface area contributed by atoms with Gasteiger partial charge in [0.15, 0.2) is 15.2 Å². The molecule has 4 heteroatoms. The van der Waals surface area contributed by atoms with Gasteiger partial charge < -0.3 is 9.46 Å². The fourth-order valence-corrected chi connectivity index (χ4v) is 20.7. The zero-order valence-corrected chi connectivity index (χ0v) is 34.1. The molecule has 1 aliphatic carbocycles. The van der Waals surface area contributed by atoms with Crippen LogP contribution in [-0.2, 0) is 9.98 Å². The molecular weight excluding hydrogens is 750 g/mol. The van der Waals surface area contributed by atoms with Crippen molar-refractivity contribution in [2.75, 3.05) is 4.90 Å². The molecule has 1 unspecified atom stereocenters. The van der Waals surface area contributed by atoms with E-state index in [9.17, 15) is 0 Å². The van der Waals surface area contributed by atoms with Crippen LogP contribution in [0.2, 0.25) is 0 Å². The van der Waals surface area contributed by atoms with Crippen molar-refractivity contribution in [2.24, 2.45) is 0 Å². The van der Waals surface area contributed by atoms with Crippen molar-refractivity contribution in [2.45, 2.75) is 5.41 Å². The van der Waals surface area contributed by atoms with Crippen LogP contribution >= 0.6 is 7.14 Å². The summed E-state index contributed by atoms with van der Waals surface area (Å²) in [5.74, 6) is 0. The van der Waals surface area contributed by atoms with E-state index in [4.69, 9.17) is 0 Å². The Morgan fingerprint density at radius 3 is 1.41 bits per heavy atom. The van der Waals surface area contributed by atoms with Gasteiger partial charge in [-0.1, -0.05) is 200 Å². The van der Waals surface area contributed by atoms with E-state index < -0.39 is 20.6 Å². The van der Waals surface area contributed by atoms with Gasteiger partial charge in [-0.25, -0.2) is 0 Å². The molecule has 59 heavy (non-hydrogen) atoms. The molecule has 0 radical (unpaired) electrons. The van der Waals surface area contributed by atoms with Crippen LogP contribution in [0.5, 0.6) is 0 Å². The molecule has 9 aromatic rings. The van der Waals surface area contributed by atoms with E-state index in [1.807, 2.05) is 18.2 Å². The molecule has 0 saturated heterocycles. The van der Waals surface area contributed by atoms with Crippen LogP contribution in [0.4, 0.5) is 17.1 Å². The van der Waals surface area contributed by atoms with Crippen LogP contribution in [0.15, 0.2) is 231 Å². The van der Waals surface area contributed by atoms with Gasteiger partial charge in [0, 0.05) is 21.6 Å². The van der Waals surface area contributed by atoms with Crippen LogP contribution < -0.4 is 41.6 Å². The zero-order valence-electron chi connectivity index (χ0n) is 32.2. The smallest absolute Gasteiger partial charge is 0.181 e.